The number of ether oxygens (including phenoxy) is 1. The Balaban J connectivity index is 1.69. The average Bonchev–Trinajstić information content (AvgIpc) is 3.11. The molecule has 2 rings (SSSR count). The van der Waals surface area contributed by atoms with E-state index in [1.165, 1.54) is 12.1 Å². The van der Waals surface area contributed by atoms with Gasteiger partial charge in [0.15, 0.2) is 16.4 Å². The fraction of sp³-hybridized carbons (Fsp3) is 0.500. The summed E-state index contributed by atoms with van der Waals surface area (Å²) >= 11 is 0. The number of urea groups is 1. The molecule has 8 nitrogen and oxygen atoms in total. The van der Waals surface area contributed by atoms with Crippen LogP contribution in [0.4, 0.5) is 4.79 Å². The van der Waals surface area contributed by atoms with Crippen molar-refractivity contribution < 1.29 is 27.5 Å². The number of hydrogen-bond acceptors (Lipinski definition) is 6. The van der Waals surface area contributed by atoms with Gasteiger partial charge >= 0.3 is 12.0 Å². The van der Waals surface area contributed by atoms with E-state index in [0.29, 0.717) is 0 Å². The number of sulfone groups is 1. The number of amides is 3. The van der Waals surface area contributed by atoms with Crippen LogP contribution in [0.1, 0.15) is 37.7 Å². The molecule has 1 fully saturated rings. The summed E-state index contributed by atoms with van der Waals surface area (Å²) in [5.74, 6) is -2.00. The minimum absolute atomic E-state index is 0.0623. The van der Waals surface area contributed by atoms with Crippen molar-refractivity contribution in [3.8, 4) is 0 Å². The molecule has 0 atom stereocenters. The Morgan fingerprint density at radius 2 is 1.74 bits per heavy atom. The highest BCUT2D eigenvalue weighted by molar-refractivity contribution is 7.91. The van der Waals surface area contributed by atoms with Crippen molar-refractivity contribution in [1.82, 2.24) is 10.6 Å². The summed E-state index contributed by atoms with van der Waals surface area (Å²) < 4.78 is 29.0. The summed E-state index contributed by atoms with van der Waals surface area (Å²) in [6.07, 6.45) is 3.47. The molecule has 0 spiro atoms. The SMILES string of the molecule is Cc1ccc(S(=O)(=O)CCC(=O)OCC(=O)NC(=O)NC2CCCC2)cc1. The molecule has 27 heavy (non-hydrogen) atoms. The van der Waals surface area contributed by atoms with Crippen molar-refractivity contribution in [2.75, 3.05) is 12.4 Å². The third kappa shape index (κ3) is 7.01. The van der Waals surface area contributed by atoms with Crippen LogP contribution in [0.3, 0.4) is 0 Å². The lowest BCUT2D eigenvalue weighted by molar-refractivity contribution is -0.147. The normalized spacial score (nSPS) is 14.6. The van der Waals surface area contributed by atoms with Gasteiger partial charge in [-0.25, -0.2) is 13.2 Å². The Morgan fingerprint density at radius 1 is 1.11 bits per heavy atom. The molecule has 0 saturated heterocycles. The number of rotatable bonds is 7. The molecular weight excluding hydrogens is 372 g/mol. The van der Waals surface area contributed by atoms with Crippen LogP contribution in [-0.4, -0.2) is 44.7 Å². The third-order valence-corrected chi connectivity index (χ3v) is 5.99. The Hall–Kier alpha value is -2.42. The number of esters is 1. The van der Waals surface area contributed by atoms with Crippen LogP contribution < -0.4 is 10.6 Å². The van der Waals surface area contributed by atoms with Crippen LogP contribution in [0, 0.1) is 6.92 Å². The van der Waals surface area contributed by atoms with E-state index in [2.05, 4.69) is 10.6 Å². The quantitative estimate of drug-likeness (QED) is 0.674. The van der Waals surface area contributed by atoms with E-state index in [0.717, 1.165) is 31.2 Å². The number of aryl methyl sites for hydroxylation is 1. The molecule has 0 aliphatic heterocycles. The first-order chi connectivity index (χ1) is 12.8. The van der Waals surface area contributed by atoms with Gasteiger partial charge in [0, 0.05) is 6.04 Å². The molecule has 0 bridgehead atoms. The molecule has 1 aromatic rings. The highest BCUT2D eigenvalue weighted by atomic mass is 32.2. The lowest BCUT2D eigenvalue weighted by Crippen LogP contribution is -2.45. The van der Waals surface area contributed by atoms with E-state index in [-0.39, 0.29) is 17.4 Å². The molecule has 1 aliphatic rings. The first-order valence-corrected chi connectivity index (χ1v) is 10.5. The fourth-order valence-electron chi connectivity index (χ4n) is 2.75. The number of imide groups is 1. The van der Waals surface area contributed by atoms with Gasteiger partial charge in [0.05, 0.1) is 17.1 Å². The van der Waals surface area contributed by atoms with E-state index in [1.807, 2.05) is 6.92 Å². The van der Waals surface area contributed by atoms with Crippen LogP contribution >= 0.6 is 0 Å². The molecule has 2 N–H and O–H groups in total. The molecule has 0 heterocycles. The predicted molar refractivity (Wildman–Crippen MR) is 97.7 cm³/mol. The first-order valence-electron chi connectivity index (χ1n) is 8.81. The van der Waals surface area contributed by atoms with Crippen LogP contribution in [0.15, 0.2) is 29.2 Å². The number of hydrogen-bond donors (Lipinski definition) is 2. The Kier molecular flexibility index (Phi) is 7.35. The van der Waals surface area contributed by atoms with Crippen molar-refractivity contribution in [1.29, 1.82) is 0 Å². The number of benzene rings is 1. The van der Waals surface area contributed by atoms with Gasteiger partial charge < -0.3 is 10.1 Å². The lowest BCUT2D eigenvalue weighted by atomic mass is 10.2. The van der Waals surface area contributed by atoms with Gasteiger partial charge in [0.2, 0.25) is 0 Å². The summed E-state index contributed by atoms with van der Waals surface area (Å²) in [6.45, 7) is 1.20. The molecule has 1 saturated carbocycles. The molecule has 0 radical (unpaired) electrons. The molecule has 1 aliphatic carbocycles. The maximum Gasteiger partial charge on any atom is 0.321 e. The molecule has 1 aromatic carbocycles. The van der Waals surface area contributed by atoms with Gasteiger partial charge in [0.25, 0.3) is 5.91 Å². The second kappa shape index (κ2) is 9.50. The summed E-state index contributed by atoms with van der Waals surface area (Å²) in [4.78, 5) is 35.1. The maximum atomic E-state index is 12.2. The van der Waals surface area contributed by atoms with Crippen LogP contribution in [0.25, 0.3) is 0 Å². The summed E-state index contributed by atoms with van der Waals surface area (Å²) in [5, 5.41) is 4.76. The van der Waals surface area contributed by atoms with Gasteiger partial charge in [-0.05, 0) is 31.9 Å². The average molecular weight is 396 g/mol. The highest BCUT2D eigenvalue weighted by Crippen LogP contribution is 2.17. The van der Waals surface area contributed by atoms with Crippen molar-refractivity contribution in [3.05, 3.63) is 29.8 Å². The van der Waals surface area contributed by atoms with Crippen molar-refractivity contribution >= 4 is 27.7 Å². The molecule has 148 valence electrons. The van der Waals surface area contributed by atoms with Crippen LogP contribution in [-0.2, 0) is 24.2 Å². The number of carbonyl (C=O) groups is 3. The van der Waals surface area contributed by atoms with E-state index in [1.54, 1.807) is 12.1 Å². The molecular formula is C18H24N2O6S. The minimum atomic E-state index is -3.61. The first kappa shape index (κ1) is 20.9. The Labute approximate surface area is 158 Å². The summed E-state index contributed by atoms with van der Waals surface area (Å²) in [7, 11) is -3.61. The third-order valence-electron chi connectivity index (χ3n) is 4.26. The van der Waals surface area contributed by atoms with Gasteiger partial charge in [-0.1, -0.05) is 30.5 Å². The predicted octanol–water partition coefficient (Wildman–Crippen LogP) is 1.47. The summed E-state index contributed by atoms with van der Waals surface area (Å²) in [5.41, 5.74) is 0.927. The molecule has 0 aromatic heterocycles. The van der Waals surface area contributed by atoms with E-state index in [4.69, 9.17) is 4.74 Å². The van der Waals surface area contributed by atoms with Crippen LogP contribution in [0.2, 0.25) is 0 Å². The van der Waals surface area contributed by atoms with E-state index in [9.17, 15) is 22.8 Å². The van der Waals surface area contributed by atoms with Gasteiger partial charge in [0.1, 0.15) is 0 Å². The van der Waals surface area contributed by atoms with Crippen molar-refractivity contribution in [2.45, 2.75) is 50.0 Å². The molecule has 3 amide bonds. The van der Waals surface area contributed by atoms with Crippen molar-refractivity contribution in [2.24, 2.45) is 0 Å². The zero-order valence-corrected chi connectivity index (χ0v) is 16.0. The smallest absolute Gasteiger partial charge is 0.321 e. The zero-order valence-electron chi connectivity index (χ0n) is 15.2. The maximum absolute atomic E-state index is 12.2. The second-order valence-electron chi connectivity index (χ2n) is 6.55. The monoisotopic (exact) mass is 396 g/mol. The zero-order chi connectivity index (χ0) is 19.9. The molecule has 9 heteroatoms. The van der Waals surface area contributed by atoms with Gasteiger partial charge in [-0.15, -0.1) is 0 Å². The number of nitrogens with one attached hydrogen (secondary N) is 2. The largest absolute Gasteiger partial charge is 0.456 e. The standard InChI is InChI=1S/C18H24N2O6S/c1-13-6-8-15(9-7-13)27(24,25)11-10-17(22)26-12-16(21)20-18(23)19-14-4-2-3-5-14/h6-9,14H,2-5,10-12H2,1H3,(H2,19,20,21,23). The minimum Gasteiger partial charge on any atom is -0.456 e. The second-order valence-corrected chi connectivity index (χ2v) is 8.65. The van der Waals surface area contributed by atoms with E-state index >= 15 is 0 Å². The van der Waals surface area contributed by atoms with Gasteiger partial charge in [-0.2, -0.15) is 0 Å². The van der Waals surface area contributed by atoms with Gasteiger partial charge in [-0.3, -0.25) is 14.9 Å². The van der Waals surface area contributed by atoms with Crippen molar-refractivity contribution in [3.63, 3.8) is 0 Å². The molecule has 0 unspecified atom stereocenters. The number of carbonyl (C=O) groups excluding carboxylic acids is 3. The van der Waals surface area contributed by atoms with Crippen LogP contribution in [0.5, 0.6) is 0 Å². The lowest BCUT2D eigenvalue weighted by Gasteiger charge is -2.12. The van der Waals surface area contributed by atoms with E-state index < -0.39 is 40.1 Å². The fourth-order valence-corrected chi connectivity index (χ4v) is 3.98. The Morgan fingerprint density at radius 3 is 2.37 bits per heavy atom. The summed E-state index contributed by atoms with van der Waals surface area (Å²) in [6, 6.07) is 5.74. The topological polar surface area (TPSA) is 119 Å². The Bertz CT molecular complexity index is 783. The highest BCUT2D eigenvalue weighted by Gasteiger charge is 2.20.